The molecule has 1 rings (SSSR count). The highest BCUT2D eigenvalue weighted by atomic mass is 35.5. The summed E-state index contributed by atoms with van der Waals surface area (Å²) in [6.07, 6.45) is 0.175. The number of nitrogens with zero attached hydrogens (tertiary/aromatic N) is 1. The number of carbonyl (C=O) groups is 1. The summed E-state index contributed by atoms with van der Waals surface area (Å²) in [5, 5.41) is 0.188. The number of benzene rings is 1. The summed E-state index contributed by atoms with van der Waals surface area (Å²) in [6.45, 7) is 1.76. The first-order valence-electron chi connectivity index (χ1n) is 6.11. The van der Waals surface area contributed by atoms with Crippen molar-refractivity contribution in [3.8, 4) is 0 Å². The van der Waals surface area contributed by atoms with Crippen LogP contribution in [0.15, 0.2) is 30.9 Å². The summed E-state index contributed by atoms with van der Waals surface area (Å²) in [4.78, 5) is 13.0. The van der Waals surface area contributed by atoms with E-state index in [0.717, 1.165) is 12.1 Å². The molecule has 0 N–H and O–H groups in total. The van der Waals surface area contributed by atoms with Gasteiger partial charge in [-0.05, 0) is 36.8 Å². The van der Waals surface area contributed by atoms with Crippen LogP contribution in [0.2, 0.25) is 5.02 Å². The Morgan fingerprint density at radius 2 is 2.14 bits per heavy atom. The molecule has 0 aromatic heterocycles. The van der Waals surface area contributed by atoms with Crippen molar-refractivity contribution in [1.82, 2.24) is 4.90 Å². The Morgan fingerprint density at radius 1 is 1.48 bits per heavy atom. The van der Waals surface area contributed by atoms with E-state index < -0.39 is 24.4 Å². The second kappa shape index (κ2) is 8.05. The van der Waals surface area contributed by atoms with Gasteiger partial charge in [-0.25, -0.2) is 4.39 Å². The maximum atomic E-state index is 13.3. The lowest BCUT2D eigenvalue weighted by molar-refractivity contribution is -0.165. The standard InChI is InChI=1S/C14H15ClF3NO2/c1-3-13(20)19(7-9(2)21-14(17)18)8-10-4-11(15)6-12(16)5-10/h3-6,9,14H,1,7-8H2,2H3. The molecular formula is C14H15ClF3NO2. The highest BCUT2D eigenvalue weighted by Gasteiger charge is 2.18. The van der Waals surface area contributed by atoms with E-state index in [4.69, 9.17) is 11.6 Å². The van der Waals surface area contributed by atoms with Gasteiger partial charge in [-0.3, -0.25) is 4.79 Å². The minimum Gasteiger partial charge on any atom is -0.332 e. The maximum absolute atomic E-state index is 13.3. The molecule has 1 aromatic carbocycles. The van der Waals surface area contributed by atoms with Crippen LogP contribution in [0.25, 0.3) is 0 Å². The van der Waals surface area contributed by atoms with Crippen LogP contribution in [0.3, 0.4) is 0 Å². The van der Waals surface area contributed by atoms with Crippen molar-refractivity contribution in [3.63, 3.8) is 0 Å². The van der Waals surface area contributed by atoms with Gasteiger partial charge in [0.1, 0.15) is 5.82 Å². The molecule has 1 unspecified atom stereocenters. The molecule has 0 aliphatic carbocycles. The van der Waals surface area contributed by atoms with E-state index in [2.05, 4.69) is 11.3 Å². The predicted molar refractivity (Wildman–Crippen MR) is 73.6 cm³/mol. The molecule has 0 saturated carbocycles. The molecule has 0 aliphatic heterocycles. The summed E-state index contributed by atoms with van der Waals surface area (Å²) in [7, 11) is 0. The van der Waals surface area contributed by atoms with Gasteiger partial charge in [0.2, 0.25) is 5.91 Å². The zero-order valence-corrected chi connectivity index (χ0v) is 12.1. The van der Waals surface area contributed by atoms with E-state index in [1.165, 1.54) is 24.0 Å². The molecule has 116 valence electrons. The van der Waals surface area contributed by atoms with Crippen molar-refractivity contribution in [1.29, 1.82) is 0 Å². The van der Waals surface area contributed by atoms with Crippen molar-refractivity contribution >= 4 is 17.5 Å². The van der Waals surface area contributed by atoms with Crippen LogP contribution >= 0.6 is 11.6 Å². The first-order chi connectivity index (χ1) is 9.81. The van der Waals surface area contributed by atoms with E-state index in [1.54, 1.807) is 0 Å². The van der Waals surface area contributed by atoms with Gasteiger partial charge in [-0.1, -0.05) is 18.2 Å². The summed E-state index contributed by atoms with van der Waals surface area (Å²) in [6, 6.07) is 3.84. The van der Waals surface area contributed by atoms with E-state index in [9.17, 15) is 18.0 Å². The molecule has 0 aliphatic rings. The molecule has 0 saturated heterocycles. The van der Waals surface area contributed by atoms with E-state index >= 15 is 0 Å². The highest BCUT2D eigenvalue weighted by Crippen LogP contribution is 2.16. The molecule has 0 bridgehead atoms. The minimum absolute atomic E-state index is 0.0132. The second-order valence-corrected chi connectivity index (χ2v) is 4.84. The average Bonchev–Trinajstić information content (AvgIpc) is 2.34. The Balaban J connectivity index is 2.83. The zero-order valence-electron chi connectivity index (χ0n) is 11.4. The molecule has 1 aromatic rings. The molecular weight excluding hydrogens is 307 g/mol. The number of alkyl halides is 2. The summed E-state index contributed by atoms with van der Waals surface area (Å²) >= 11 is 5.73. The Labute approximate surface area is 125 Å². The Kier molecular flexibility index (Phi) is 6.71. The normalized spacial score (nSPS) is 12.3. The summed E-state index contributed by atoms with van der Waals surface area (Å²) in [5.41, 5.74) is 0.444. The van der Waals surface area contributed by atoms with Crippen LogP contribution in [-0.2, 0) is 16.1 Å². The van der Waals surface area contributed by atoms with Crippen LogP contribution in [0.1, 0.15) is 12.5 Å². The third kappa shape index (κ3) is 6.18. The largest absolute Gasteiger partial charge is 0.345 e. The van der Waals surface area contributed by atoms with Gasteiger partial charge in [0.25, 0.3) is 0 Å². The van der Waals surface area contributed by atoms with Gasteiger partial charge < -0.3 is 9.64 Å². The van der Waals surface area contributed by atoms with Crippen LogP contribution in [0, 0.1) is 5.82 Å². The van der Waals surface area contributed by atoms with Crippen molar-refractivity contribution in [2.75, 3.05) is 6.54 Å². The molecule has 21 heavy (non-hydrogen) atoms. The zero-order chi connectivity index (χ0) is 16.0. The van der Waals surface area contributed by atoms with Crippen molar-refractivity contribution in [2.45, 2.75) is 26.2 Å². The number of carbonyl (C=O) groups excluding carboxylic acids is 1. The molecule has 0 spiro atoms. The SMILES string of the molecule is C=CC(=O)N(Cc1cc(F)cc(Cl)c1)CC(C)OC(F)F. The van der Waals surface area contributed by atoms with Crippen LogP contribution in [-0.4, -0.2) is 30.1 Å². The first kappa shape index (κ1) is 17.5. The molecule has 0 heterocycles. The highest BCUT2D eigenvalue weighted by molar-refractivity contribution is 6.30. The minimum atomic E-state index is -2.93. The van der Waals surface area contributed by atoms with Gasteiger partial charge in [-0.2, -0.15) is 8.78 Å². The fraction of sp³-hybridized carbons (Fsp3) is 0.357. The molecule has 3 nitrogen and oxygen atoms in total. The van der Waals surface area contributed by atoms with Gasteiger partial charge in [0.15, 0.2) is 0 Å². The maximum Gasteiger partial charge on any atom is 0.345 e. The van der Waals surface area contributed by atoms with Crippen molar-refractivity contribution in [3.05, 3.63) is 47.3 Å². The Morgan fingerprint density at radius 3 is 2.67 bits per heavy atom. The smallest absolute Gasteiger partial charge is 0.332 e. The molecule has 0 fully saturated rings. The number of halogens is 4. The number of hydrogen-bond donors (Lipinski definition) is 0. The molecule has 0 radical (unpaired) electrons. The number of rotatable bonds is 7. The topological polar surface area (TPSA) is 29.5 Å². The summed E-state index contributed by atoms with van der Waals surface area (Å²) < 4.78 is 41.8. The number of ether oxygens (including phenoxy) is 1. The Bertz CT molecular complexity index is 491. The third-order valence-electron chi connectivity index (χ3n) is 2.59. The Hall–Kier alpha value is -1.53. The predicted octanol–water partition coefficient (Wildman–Crippen LogP) is 3.62. The number of hydrogen-bond acceptors (Lipinski definition) is 2. The second-order valence-electron chi connectivity index (χ2n) is 4.41. The van der Waals surface area contributed by atoms with Crippen molar-refractivity contribution in [2.24, 2.45) is 0 Å². The van der Waals surface area contributed by atoms with Gasteiger partial charge in [-0.15, -0.1) is 0 Å². The summed E-state index contributed by atoms with van der Waals surface area (Å²) in [5.74, 6) is -1.01. The fourth-order valence-corrected chi connectivity index (χ4v) is 2.06. The van der Waals surface area contributed by atoms with Crippen LogP contribution < -0.4 is 0 Å². The van der Waals surface area contributed by atoms with Crippen LogP contribution in [0.5, 0.6) is 0 Å². The van der Waals surface area contributed by atoms with E-state index in [1.807, 2.05) is 0 Å². The first-order valence-corrected chi connectivity index (χ1v) is 6.49. The fourth-order valence-electron chi connectivity index (χ4n) is 1.81. The monoisotopic (exact) mass is 321 g/mol. The van der Waals surface area contributed by atoms with Gasteiger partial charge >= 0.3 is 6.61 Å². The van der Waals surface area contributed by atoms with Gasteiger partial charge in [0, 0.05) is 18.1 Å². The quantitative estimate of drug-likeness (QED) is 0.718. The lowest BCUT2D eigenvalue weighted by Crippen LogP contribution is -2.36. The lowest BCUT2D eigenvalue weighted by Gasteiger charge is -2.25. The third-order valence-corrected chi connectivity index (χ3v) is 2.81. The van der Waals surface area contributed by atoms with Crippen LogP contribution in [0.4, 0.5) is 13.2 Å². The lowest BCUT2D eigenvalue weighted by atomic mass is 10.2. The van der Waals surface area contributed by atoms with Crippen molar-refractivity contribution < 1.29 is 22.7 Å². The molecule has 1 atom stereocenters. The van der Waals surface area contributed by atoms with E-state index in [0.29, 0.717) is 5.56 Å². The number of amides is 1. The molecule has 7 heteroatoms. The van der Waals surface area contributed by atoms with E-state index in [-0.39, 0.29) is 18.1 Å². The molecule has 1 amide bonds. The van der Waals surface area contributed by atoms with Gasteiger partial charge in [0.05, 0.1) is 6.10 Å². The average molecular weight is 322 g/mol.